The maximum Gasteiger partial charge on any atom is 0.295 e. The van der Waals surface area contributed by atoms with Gasteiger partial charge in [0.1, 0.15) is 5.69 Å². The van der Waals surface area contributed by atoms with E-state index in [0.29, 0.717) is 14.8 Å². The van der Waals surface area contributed by atoms with Crippen LogP contribution in [0.2, 0.25) is 0 Å². The summed E-state index contributed by atoms with van der Waals surface area (Å²) in [6.45, 7) is 1.88. The van der Waals surface area contributed by atoms with Crippen LogP contribution < -0.4 is 10.9 Å². The Balaban J connectivity index is 2.11. The molecule has 0 bridgehead atoms. The average molecular weight is 319 g/mol. The highest BCUT2D eigenvalue weighted by atomic mass is 32.1. The Hall–Kier alpha value is -2.19. The van der Waals surface area contributed by atoms with Gasteiger partial charge in [-0.2, -0.15) is 0 Å². The summed E-state index contributed by atoms with van der Waals surface area (Å²) in [5.74, 6) is 0. The molecule has 3 rings (SSSR count). The number of benzene rings is 1. The smallest absolute Gasteiger partial charge is 0.295 e. The Morgan fingerprint density at radius 3 is 2.67 bits per heavy atom. The van der Waals surface area contributed by atoms with Crippen molar-refractivity contribution in [2.75, 3.05) is 5.32 Å². The molecule has 0 aliphatic heterocycles. The number of rotatable bonds is 3. The van der Waals surface area contributed by atoms with E-state index in [9.17, 15) is 4.79 Å². The van der Waals surface area contributed by atoms with Crippen LogP contribution in [0.5, 0.6) is 0 Å². The van der Waals surface area contributed by atoms with Gasteiger partial charge in [-0.3, -0.25) is 14.6 Å². The number of hydrogen-bond donors (Lipinski definition) is 2. The minimum atomic E-state index is -0.123. The summed E-state index contributed by atoms with van der Waals surface area (Å²) >= 11 is 6.28. The van der Waals surface area contributed by atoms with Crippen molar-refractivity contribution < 1.29 is 0 Å². The summed E-state index contributed by atoms with van der Waals surface area (Å²) in [4.78, 5) is 12.6. The third kappa shape index (κ3) is 2.43. The van der Waals surface area contributed by atoms with Gasteiger partial charge in [-0.25, -0.2) is 4.68 Å². The van der Waals surface area contributed by atoms with Crippen molar-refractivity contribution in [1.82, 2.24) is 19.6 Å². The number of nitrogens with one attached hydrogen (secondary N) is 2. The molecule has 0 aliphatic rings. The molecule has 0 saturated carbocycles. The standard InChI is InChI=1S/C13H13N5OS2/c1-8-10(14-12-15-16-13(20)21-12)11(19)18(17(8)2)9-6-4-3-5-7-9/h3-7H,1-2H3,(H,14,15)(H,16,20). The maximum atomic E-state index is 12.6. The van der Waals surface area contributed by atoms with Crippen LogP contribution in [0.1, 0.15) is 5.69 Å². The second-order valence-corrected chi connectivity index (χ2v) is 6.15. The van der Waals surface area contributed by atoms with E-state index in [1.54, 1.807) is 4.68 Å². The second-order valence-electron chi connectivity index (χ2n) is 4.48. The Labute approximate surface area is 129 Å². The molecular weight excluding hydrogens is 306 g/mol. The molecule has 2 N–H and O–H groups in total. The van der Waals surface area contributed by atoms with Crippen molar-refractivity contribution in [3.05, 3.63) is 50.3 Å². The van der Waals surface area contributed by atoms with E-state index >= 15 is 0 Å². The topological polar surface area (TPSA) is 67.6 Å². The highest BCUT2D eigenvalue weighted by Crippen LogP contribution is 2.20. The zero-order valence-corrected chi connectivity index (χ0v) is 13.1. The summed E-state index contributed by atoms with van der Waals surface area (Å²) in [5.41, 5.74) is 2.02. The van der Waals surface area contributed by atoms with Crippen LogP contribution in [0.15, 0.2) is 35.1 Å². The number of anilines is 2. The molecule has 0 unspecified atom stereocenters. The minimum absolute atomic E-state index is 0.123. The summed E-state index contributed by atoms with van der Waals surface area (Å²) in [7, 11) is 1.85. The Morgan fingerprint density at radius 2 is 2.05 bits per heavy atom. The van der Waals surface area contributed by atoms with Crippen molar-refractivity contribution in [1.29, 1.82) is 0 Å². The van der Waals surface area contributed by atoms with Gasteiger partial charge in [0.25, 0.3) is 5.56 Å². The molecule has 8 heteroatoms. The van der Waals surface area contributed by atoms with E-state index in [4.69, 9.17) is 12.2 Å². The first-order valence-corrected chi connectivity index (χ1v) is 7.47. The van der Waals surface area contributed by atoms with Crippen LogP contribution in [-0.4, -0.2) is 19.6 Å². The molecule has 0 aliphatic carbocycles. The molecule has 1 aromatic carbocycles. The predicted octanol–water partition coefficient (Wildman–Crippen LogP) is 2.74. The monoisotopic (exact) mass is 319 g/mol. The summed E-state index contributed by atoms with van der Waals surface area (Å²) in [5, 5.41) is 10.3. The first kappa shape index (κ1) is 13.8. The molecule has 3 aromatic rings. The van der Waals surface area contributed by atoms with Crippen LogP contribution in [0.25, 0.3) is 5.69 Å². The summed E-state index contributed by atoms with van der Waals surface area (Å²) in [6, 6.07) is 9.50. The molecule has 0 amide bonds. The lowest BCUT2D eigenvalue weighted by molar-refractivity contribution is 0.630. The van der Waals surface area contributed by atoms with Gasteiger partial charge in [-0.15, -0.1) is 5.10 Å². The zero-order chi connectivity index (χ0) is 15.0. The fourth-order valence-corrected chi connectivity index (χ4v) is 2.90. The van der Waals surface area contributed by atoms with Crippen LogP contribution in [0.3, 0.4) is 0 Å². The lowest BCUT2D eigenvalue weighted by Crippen LogP contribution is -2.20. The van der Waals surface area contributed by atoms with Gasteiger partial charge in [-0.1, -0.05) is 29.5 Å². The molecule has 2 heterocycles. The van der Waals surface area contributed by atoms with Gasteiger partial charge in [0.15, 0.2) is 3.95 Å². The number of H-pyrrole nitrogens is 1. The van der Waals surface area contributed by atoms with E-state index in [0.717, 1.165) is 11.4 Å². The molecule has 0 saturated heterocycles. The van der Waals surface area contributed by atoms with Gasteiger partial charge in [0, 0.05) is 7.05 Å². The van der Waals surface area contributed by atoms with Crippen molar-refractivity contribution in [3.8, 4) is 5.69 Å². The summed E-state index contributed by atoms with van der Waals surface area (Å²) < 4.78 is 3.99. The van der Waals surface area contributed by atoms with E-state index in [-0.39, 0.29) is 5.56 Å². The van der Waals surface area contributed by atoms with Gasteiger partial charge in [0.2, 0.25) is 5.13 Å². The highest BCUT2D eigenvalue weighted by Gasteiger charge is 2.16. The van der Waals surface area contributed by atoms with E-state index in [1.807, 2.05) is 49.0 Å². The van der Waals surface area contributed by atoms with E-state index in [1.165, 1.54) is 11.3 Å². The van der Waals surface area contributed by atoms with Crippen molar-refractivity contribution in [3.63, 3.8) is 0 Å². The molecule has 2 aromatic heterocycles. The molecule has 6 nitrogen and oxygen atoms in total. The number of aromatic amines is 1. The third-order valence-electron chi connectivity index (χ3n) is 3.22. The molecular formula is C13H13N5OS2. The van der Waals surface area contributed by atoms with E-state index in [2.05, 4.69) is 15.5 Å². The molecule has 0 fully saturated rings. The molecule has 0 atom stereocenters. The van der Waals surface area contributed by atoms with Gasteiger partial charge in [0.05, 0.1) is 11.4 Å². The van der Waals surface area contributed by atoms with Crippen LogP contribution >= 0.6 is 23.6 Å². The maximum absolute atomic E-state index is 12.6. The number of hydrogen-bond acceptors (Lipinski definition) is 5. The van der Waals surface area contributed by atoms with Crippen molar-refractivity contribution >= 4 is 34.4 Å². The lowest BCUT2D eigenvalue weighted by atomic mass is 10.3. The quantitative estimate of drug-likeness (QED) is 0.729. The Bertz CT molecular complexity index is 887. The van der Waals surface area contributed by atoms with Gasteiger partial charge in [-0.05, 0) is 31.3 Å². The van der Waals surface area contributed by atoms with Gasteiger partial charge < -0.3 is 5.32 Å². The average Bonchev–Trinajstić information content (AvgIpc) is 2.98. The number of nitrogens with zero attached hydrogens (tertiary/aromatic N) is 3. The lowest BCUT2D eigenvalue weighted by Gasteiger charge is -2.07. The van der Waals surface area contributed by atoms with E-state index < -0.39 is 0 Å². The van der Waals surface area contributed by atoms with Crippen LogP contribution in [0, 0.1) is 10.9 Å². The van der Waals surface area contributed by atoms with Gasteiger partial charge >= 0.3 is 0 Å². The molecule has 0 radical (unpaired) electrons. The Kier molecular flexibility index (Phi) is 3.48. The largest absolute Gasteiger partial charge is 0.324 e. The molecule has 108 valence electrons. The zero-order valence-electron chi connectivity index (χ0n) is 11.5. The predicted molar refractivity (Wildman–Crippen MR) is 86.3 cm³/mol. The molecule has 0 spiro atoms. The molecule has 21 heavy (non-hydrogen) atoms. The normalized spacial score (nSPS) is 10.8. The van der Waals surface area contributed by atoms with Crippen molar-refractivity contribution in [2.24, 2.45) is 7.05 Å². The first-order chi connectivity index (χ1) is 10.1. The fraction of sp³-hybridized carbons (Fsp3) is 0.154. The number of aromatic nitrogens is 4. The summed E-state index contributed by atoms with van der Waals surface area (Å²) in [6.07, 6.45) is 0. The fourth-order valence-electron chi connectivity index (χ4n) is 2.10. The van der Waals surface area contributed by atoms with Crippen LogP contribution in [-0.2, 0) is 7.05 Å². The minimum Gasteiger partial charge on any atom is -0.324 e. The SMILES string of the molecule is Cc1c(Nc2n[nH]c(=S)s2)c(=O)n(-c2ccccc2)n1C. The highest BCUT2D eigenvalue weighted by molar-refractivity contribution is 7.73. The van der Waals surface area contributed by atoms with Crippen LogP contribution in [0.4, 0.5) is 10.8 Å². The number of para-hydroxylation sites is 1. The first-order valence-electron chi connectivity index (χ1n) is 6.24. The second kappa shape index (κ2) is 5.30. The third-order valence-corrected chi connectivity index (χ3v) is 4.23. The Morgan fingerprint density at radius 1 is 1.33 bits per heavy atom. The van der Waals surface area contributed by atoms with Crippen molar-refractivity contribution in [2.45, 2.75) is 6.92 Å².